The van der Waals surface area contributed by atoms with Crippen LogP contribution in [-0.4, -0.2) is 70.6 Å². The summed E-state index contributed by atoms with van der Waals surface area (Å²) in [6.45, 7) is 16.8. The standard InChI is InChI=1S/C27H31ClFN7OS.C9H22OS/c1-4-15(2)24(30-3)14-32-19-9-16(10-19)26(37)34-25-12-18(7-8-31-25)33-23-13-22(35-36-27(23)38)20-11-17(28)5-6-21(20)29;1-7-8-10-11(5,6)9(2,3)4/h5-8,11-13,16,19,24,30,32H,2,4,9-10,14H2,1,3H3,(H,36,38)(H2,31,33,34,35,37);7-8H2,1-6H3/t16?,19?,24-;/m1./s1. The third kappa shape index (κ3) is 11.9. The van der Waals surface area contributed by atoms with Crippen molar-refractivity contribution in [2.45, 2.75) is 77.1 Å². The Morgan fingerprint density at radius 2 is 1.92 bits per heavy atom. The van der Waals surface area contributed by atoms with Crippen LogP contribution in [0.5, 0.6) is 0 Å². The summed E-state index contributed by atoms with van der Waals surface area (Å²) in [5.41, 5.74) is 2.93. The largest absolute Gasteiger partial charge is 0.353 e. The molecule has 1 aliphatic rings. The Labute approximate surface area is 303 Å². The van der Waals surface area contributed by atoms with Crippen molar-refractivity contribution in [3.63, 3.8) is 0 Å². The first kappa shape index (κ1) is 40.6. The van der Waals surface area contributed by atoms with Crippen LogP contribution in [0.4, 0.5) is 21.6 Å². The Morgan fingerprint density at radius 1 is 1.20 bits per heavy atom. The molecule has 13 heteroatoms. The summed E-state index contributed by atoms with van der Waals surface area (Å²) in [5.74, 6) is -0.154. The molecule has 1 fully saturated rings. The quantitative estimate of drug-likeness (QED) is 0.0825. The SMILES string of the molecule is C=C(CC)[C@@H](CNC1CC(C(=O)Nc2cc(Nc3cc(-c4cc(Cl)ccc4F)n[nH]c3=S)ccn2)C1)NC.CCCOS(C)(C)C(C)(C)C. The van der Waals surface area contributed by atoms with Crippen LogP contribution in [0.15, 0.2) is 54.7 Å². The van der Waals surface area contributed by atoms with Gasteiger partial charge in [-0.1, -0.05) is 70.6 Å². The second-order valence-corrected chi connectivity index (χ2v) is 18.2. The molecule has 0 spiro atoms. The number of aromatic nitrogens is 3. The van der Waals surface area contributed by atoms with Crippen LogP contribution in [-0.2, 0) is 8.98 Å². The van der Waals surface area contributed by atoms with Gasteiger partial charge in [0.2, 0.25) is 5.91 Å². The van der Waals surface area contributed by atoms with Crippen molar-refractivity contribution < 1.29 is 13.4 Å². The average molecular weight is 734 g/mol. The first-order valence-electron chi connectivity index (χ1n) is 16.6. The van der Waals surface area contributed by atoms with Crippen molar-refractivity contribution in [2.24, 2.45) is 5.92 Å². The molecule has 1 saturated carbocycles. The van der Waals surface area contributed by atoms with Gasteiger partial charge in [0.1, 0.15) is 16.3 Å². The Hall–Kier alpha value is -2.87. The second-order valence-electron chi connectivity index (χ2n) is 13.5. The molecule has 270 valence electrons. The Balaban J connectivity index is 0.000000509. The number of H-pyrrole nitrogens is 1. The van der Waals surface area contributed by atoms with Crippen molar-refractivity contribution in [2.75, 3.05) is 43.3 Å². The fraction of sp³-hybridized carbons (Fsp3) is 0.500. The summed E-state index contributed by atoms with van der Waals surface area (Å²) in [4.78, 5) is 17.0. The number of hydrogen-bond donors (Lipinski definition) is 5. The molecule has 49 heavy (non-hydrogen) atoms. The second kappa shape index (κ2) is 18.4. The zero-order chi connectivity index (χ0) is 36.4. The van der Waals surface area contributed by atoms with E-state index in [1.807, 2.05) is 7.05 Å². The number of carbonyl (C=O) groups is 1. The molecule has 2 aromatic heterocycles. The molecule has 1 aliphatic carbocycles. The topological polar surface area (TPSA) is 116 Å². The van der Waals surface area contributed by atoms with Gasteiger partial charge in [-0.05, 0) is 75.6 Å². The molecule has 0 unspecified atom stereocenters. The third-order valence-corrected chi connectivity index (χ3v) is 13.0. The molecule has 3 aromatic rings. The van der Waals surface area contributed by atoms with Gasteiger partial charge < -0.3 is 25.5 Å². The van der Waals surface area contributed by atoms with Crippen LogP contribution >= 0.6 is 34.1 Å². The maximum absolute atomic E-state index is 14.3. The summed E-state index contributed by atoms with van der Waals surface area (Å²) in [5, 5.41) is 20.2. The van der Waals surface area contributed by atoms with E-state index in [0.717, 1.165) is 44.4 Å². The molecular formula is C36H53ClFN7O2S2. The normalized spacial score (nSPS) is 16.9. The average Bonchev–Trinajstić information content (AvgIpc) is 3.03. The van der Waals surface area contributed by atoms with Gasteiger partial charge >= 0.3 is 0 Å². The number of nitrogens with zero attached hydrogens (tertiary/aromatic N) is 2. The van der Waals surface area contributed by atoms with Crippen molar-refractivity contribution in [1.29, 1.82) is 0 Å². The number of halogens is 2. The number of aromatic amines is 1. The van der Waals surface area contributed by atoms with Crippen LogP contribution in [0.1, 0.15) is 60.3 Å². The zero-order valence-electron chi connectivity index (χ0n) is 30.0. The number of nitrogens with one attached hydrogen (secondary N) is 5. The zero-order valence-corrected chi connectivity index (χ0v) is 32.4. The molecule has 0 bridgehead atoms. The van der Waals surface area contributed by atoms with Crippen molar-refractivity contribution in [3.8, 4) is 11.3 Å². The van der Waals surface area contributed by atoms with Gasteiger partial charge in [0.25, 0.3) is 0 Å². The number of benzene rings is 1. The number of carbonyl (C=O) groups excluding carboxylic acids is 1. The van der Waals surface area contributed by atoms with E-state index in [-0.39, 0.29) is 23.4 Å². The highest BCUT2D eigenvalue weighted by Gasteiger charge is 2.34. The molecule has 0 radical (unpaired) electrons. The van der Waals surface area contributed by atoms with Crippen molar-refractivity contribution in [1.82, 2.24) is 25.8 Å². The lowest BCUT2D eigenvalue weighted by molar-refractivity contribution is -0.122. The summed E-state index contributed by atoms with van der Waals surface area (Å²) in [6, 6.07) is 9.90. The van der Waals surface area contributed by atoms with Crippen LogP contribution in [0.3, 0.4) is 0 Å². The molecule has 5 N–H and O–H groups in total. The van der Waals surface area contributed by atoms with Crippen LogP contribution in [0.25, 0.3) is 11.3 Å². The molecule has 1 atom stereocenters. The number of rotatable bonds is 14. The smallest absolute Gasteiger partial charge is 0.228 e. The first-order chi connectivity index (χ1) is 23.1. The summed E-state index contributed by atoms with van der Waals surface area (Å²) < 4.78 is 20.8. The first-order valence-corrected chi connectivity index (χ1v) is 19.8. The van der Waals surface area contributed by atoms with E-state index in [4.69, 9.17) is 28.0 Å². The Bertz CT molecular complexity index is 1620. The Kier molecular flexibility index (Phi) is 15.2. The monoisotopic (exact) mass is 733 g/mol. The predicted molar refractivity (Wildman–Crippen MR) is 208 cm³/mol. The molecular weight excluding hydrogens is 681 g/mol. The van der Waals surface area contributed by atoms with Gasteiger partial charge in [0.15, 0.2) is 0 Å². The van der Waals surface area contributed by atoms with Crippen LogP contribution < -0.4 is 21.3 Å². The van der Waals surface area contributed by atoms with E-state index in [9.17, 15) is 9.18 Å². The number of anilines is 3. The van der Waals surface area contributed by atoms with E-state index >= 15 is 0 Å². The molecule has 2 heterocycles. The van der Waals surface area contributed by atoms with Crippen molar-refractivity contribution >= 4 is 57.2 Å². The van der Waals surface area contributed by atoms with Gasteiger partial charge in [0, 0.05) is 57.8 Å². The predicted octanol–water partition coefficient (Wildman–Crippen LogP) is 8.79. The van der Waals surface area contributed by atoms with E-state index in [0.29, 0.717) is 43.3 Å². The lowest BCUT2D eigenvalue weighted by Gasteiger charge is -2.43. The maximum Gasteiger partial charge on any atom is 0.228 e. The summed E-state index contributed by atoms with van der Waals surface area (Å²) in [6.07, 6.45) is 9.66. The molecule has 9 nitrogen and oxygen atoms in total. The van der Waals surface area contributed by atoms with Crippen molar-refractivity contribution in [3.05, 3.63) is 70.2 Å². The third-order valence-electron chi connectivity index (χ3n) is 8.77. The highest BCUT2D eigenvalue weighted by atomic mass is 35.5. The molecule has 1 aromatic carbocycles. The van der Waals surface area contributed by atoms with Gasteiger partial charge in [0.05, 0.1) is 18.0 Å². The highest BCUT2D eigenvalue weighted by Crippen LogP contribution is 2.53. The van der Waals surface area contributed by atoms with Gasteiger partial charge in [-0.15, -0.1) is 10.3 Å². The number of amides is 1. The van der Waals surface area contributed by atoms with Gasteiger partial charge in [-0.25, -0.2) is 9.37 Å². The lowest BCUT2D eigenvalue weighted by Crippen LogP contribution is -2.49. The minimum absolute atomic E-state index is 0.0595. The van der Waals surface area contributed by atoms with E-state index in [1.54, 1.807) is 24.4 Å². The molecule has 4 rings (SSSR count). The molecule has 0 aliphatic heterocycles. The number of likely N-dealkylation sites (N-methyl/N-ethyl adjacent to an activating group) is 1. The van der Waals surface area contributed by atoms with E-state index < -0.39 is 16.1 Å². The summed E-state index contributed by atoms with van der Waals surface area (Å²) >= 11 is 11.4. The Morgan fingerprint density at radius 3 is 2.55 bits per heavy atom. The molecule has 0 saturated heterocycles. The fourth-order valence-corrected chi connectivity index (χ4v) is 6.00. The van der Waals surface area contributed by atoms with Crippen LogP contribution in [0, 0.1) is 16.4 Å². The van der Waals surface area contributed by atoms with Gasteiger partial charge in [-0.2, -0.15) is 5.10 Å². The number of hydrogen-bond acceptors (Lipinski definition) is 8. The highest BCUT2D eigenvalue weighted by molar-refractivity contribution is 8.29. The minimum Gasteiger partial charge on any atom is -0.353 e. The number of pyridine rings is 1. The lowest BCUT2D eigenvalue weighted by atomic mass is 9.79. The fourth-order valence-electron chi connectivity index (χ4n) is 4.74. The minimum atomic E-state index is -0.860. The van der Waals surface area contributed by atoms with Crippen LogP contribution in [0.2, 0.25) is 5.02 Å². The molecule has 1 amide bonds. The maximum atomic E-state index is 14.3. The van der Waals surface area contributed by atoms with Gasteiger partial charge in [-0.3, -0.25) is 9.89 Å². The van der Waals surface area contributed by atoms with E-state index in [2.05, 4.69) is 90.2 Å². The summed E-state index contributed by atoms with van der Waals surface area (Å²) in [7, 11) is 1.07. The van der Waals surface area contributed by atoms with E-state index in [1.165, 1.54) is 18.2 Å².